The largest absolute Gasteiger partial charge is 0.515 e. The number of hydrogen-bond donors (Lipinski definition) is 1. The number of ether oxygens (including phenoxy) is 1. The maximum atomic E-state index is 13.6. The number of allylic oxidation sites excluding steroid dienone is 2. The first kappa shape index (κ1) is 15.9. The van der Waals surface area contributed by atoms with Crippen molar-refractivity contribution in [2.45, 2.75) is 19.3 Å². The topological polar surface area (TPSA) is 46.5 Å². The number of carbonyl (C=O) groups excluding carboxylic acids is 1. The molecule has 0 radical (unpaired) electrons. The van der Waals surface area contributed by atoms with Gasteiger partial charge in [0.05, 0.1) is 18.9 Å². The van der Waals surface area contributed by atoms with E-state index in [-0.39, 0.29) is 11.1 Å². The first-order valence-electron chi connectivity index (χ1n) is 6.85. The zero-order chi connectivity index (χ0) is 16.1. The summed E-state index contributed by atoms with van der Waals surface area (Å²) in [6.07, 6.45) is 5.96. The molecule has 1 aromatic rings. The predicted molar refractivity (Wildman–Crippen MR) is 79.0 cm³/mol. The van der Waals surface area contributed by atoms with Gasteiger partial charge in [0.15, 0.2) is 11.6 Å². The molecular formula is C17H16F2O3. The van der Waals surface area contributed by atoms with Gasteiger partial charge in [-0.05, 0) is 36.5 Å². The van der Waals surface area contributed by atoms with Crippen LogP contribution < -0.4 is 0 Å². The average Bonchev–Trinajstić information content (AvgIpc) is 2.97. The van der Waals surface area contributed by atoms with Crippen LogP contribution in [0.1, 0.15) is 24.8 Å². The van der Waals surface area contributed by atoms with Gasteiger partial charge in [-0.2, -0.15) is 0 Å². The lowest BCUT2D eigenvalue weighted by Crippen LogP contribution is -2.07. The number of methoxy groups -OCH3 is 1. The standard InChI is InChI=1S/C17H16F2O3/c1-22-17(21)14(10-20)13-6-2-4-11(13)8-9-12-5-3-7-15(18)16(12)19/h3,5,7-10,20H,2,4,6H2,1H3. The van der Waals surface area contributed by atoms with Gasteiger partial charge < -0.3 is 9.84 Å². The number of esters is 1. The van der Waals surface area contributed by atoms with Crippen molar-refractivity contribution in [2.24, 2.45) is 0 Å². The van der Waals surface area contributed by atoms with Crippen molar-refractivity contribution >= 4 is 12.0 Å². The quantitative estimate of drug-likeness (QED) is 0.518. The zero-order valence-electron chi connectivity index (χ0n) is 12.1. The Morgan fingerprint density at radius 1 is 1.27 bits per heavy atom. The van der Waals surface area contributed by atoms with Crippen molar-refractivity contribution in [1.82, 2.24) is 0 Å². The molecule has 0 bridgehead atoms. The van der Waals surface area contributed by atoms with E-state index in [1.54, 1.807) is 6.08 Å². The molecule has 116 valence electrons. The number of benzene rings is 1. The Bertz CT molecular complexity index is 672. The van der Waals surface area contributed by atoms with Crippen LogP contribution in [0.25, 0.3) is 6.08 Å². The van der Waals surface area contributed by atoms with Crippen molar-refractivity contribution in [3.63, 3.8) is 0 Å². The van der Waals surface area contributed by atoms with E-state index in [2.05, 4.69) is 4.74 Å². The fraction of sp³-hybridized carbons (Fsp3) is 0.235. The van der Waals surface area contributed by atoms with Gasteiger partial charge in [0.1, 0.15) is 0 Å². The molecule has 1 aliphatic rings. The monoisotopic (exact) mass is 306 g/mol. The predicted octanol–water partition coefficient (Wildman–Crippen LogP) is 4.07. The molecule has 0 saturated heterocycles. The van der Waals surface area contributed by atoms with Gasteiger partial charge in [0, 0.05) is 5.56 Å². The molecule has 3 nitrogen and oxygen atoms in total. The number of hydrogen-bond acceptors (Lipinski definition) is 3. The van der Waals surface area contributed by atoms with Crippen molar-refractivity contribution in [3.8, 4) is 0 Å². The van der Waals surface area contributed by atoms with Gasteiger partial charge in [-0.15, -0.1) is 0 Å². The first-order valence-corrected chi connectivity index (χ1v) is 6.85. The van der Waals surface area contributed by atoms with Crippen LogP contribution in [0.15, 0.2) is 47.3 Å². The number of carbonyl (C=O) groups is 1. The van der Waals surface area contributed by atoms with Crippen LogP contribution in [0.2, 0.25) is 0 Å². The van der Waals surface area contributed by atoms with Crippen LogP contribution in [0.5, 0.6) is 0 Å². The number of aliphatic hydroxyl groups excluding tert-OH is 1. The summed E-state index contributed by atoms with van der Waals surface area (Å²) in [5.41, 5.74) is 1.70. The number of rotatable bonds is 4. The van der Waals surface area contributed by atoms with E-state index in [9.17, 15) is 18.7 Å². The zero-order valence-corrected chi connectivity index (χ0v) is 12.1. The smallest absolute Gasteiger partial charge is 0.341 e. The van der Waals surface area contributed by atoms with Crippen molar-refractivity contribution in [1.29, 1.82) is 0 Å². The molecule has 1 aromatic carbocycles. The van der Waals surface area contributed by atoms with Gasteiger partial charge in [0.2, 0.25) is 0 Å². The highest BCUT2D eigenvalue weighted by Crippen LogP contribution is 2.33. The summed E-state index contributed by atoms with van der Waals surface area (Å²) < 4.78 is 31.4. The highest BCUT2D eigenvalue weighted by Gasteiger charge is 2.22. The fourth-order valence-corrected chi connectivity index (χ4v) is 2.46. The molecule has 1 N–H and O–H groups in total. The highest BCUT2D eigenvalue weighted by molar-refractivity contribution is 5.93. The summed E-state index contributed by atoms with van der Waals surface area (Å²) >= 11 is 0. The molecule has 0 fully saturated rings. The Hall–Kier alpha value is -2.43. The Balaban J connectivity index is 2.34. The normalized spacial score (nSPS) is 15.7. The molecule has 5 heteroatoms. The summed E-state index contributed by atoms with van der Waals surface area (Å²) in [5.74, 6) is -2.44. The van der Waals surface area contributed by atoms with Crippen LogP contribution in [0, 0.1) is 11.6 Å². The summed E-state index contributed by atoms with van der Waals surface area (Å²) in [6, 6.07) is 3.94. The molecule has 0 unspecified atom stereocenters. The Morgan fingerprint density at radius 3 is 2.73 bits per heavy atom. The lowest BCUT2D eigenvalue weighted by atomic mass is 10.0. The molecular weight excluding hydrogens is 290 g/mol. The lowest BCUT2D eigenvalue weighted by molar-refractivity contribution is -0.135. The summed E-state index contributed by atoms with van der Waals surface area (Å²) in [4.78, 5) is 11.6. The second-order valence-corrected chi connectivity index (χ2v) is 4.87. The minimum absolute atomic E-state index is 0.0966. The molecule has 0 amide bonds. The molecule has 0 saturated carbocycles. The SMILES string of the molecule is COC(=O)C(=CO)C1=C(C=Cc2cccc(F)c2F)CCC1. The molecule has 0 heterocycles. The summed E-state index contributed by atoms with van der Waals surface area (Å²) in [7, 11) is 1.24. The van der Waals surface area contributed by atoms with Crippen molar-refractivity contribution in [3.05, 3.63) is 64.5 Å². The van der Waals surface area contributed by atoms with E-state index < -0.39 is 17.6 Å². The third-order valence-electron chi connectivity index (χ3n) is 3.57. The van der Waals surface area contributed by atoms with Crippen molar-refractivity contribution < 1.29 is 23.4 Å². The van der Waals surface area contributed by atoms with E-state index in [1.807, 2.05) is 0 Å². The molecule has 0 atom stereocenters. The van der Waals surface area contributed by atoms with Gasteiger partial charge >= 0.3 is 5.97 Å². The molecule has 1 aliphatic carbocycles. The van der Waals surface area contributed by atoms with Gasteiger partial charge in [-0.3, -0.25) is 0 Å². The van der Waals surface area contributed by atoms with Crippen LogP contribution in [-0.2, 0) is 9.53 Å². The minimum atomic E-state index is -0.912. The van der Waals surface area contributed by atoms with E-state index >= 15 is 0 Å². The van der Waals surface area contributed by atoms with Crippen LogP contribution >= 0.6 is 0 Å². The van der Waals surface area contributed by atoms with E-state index in [0.29, 0.717) is 18.4 Å². The van der Waals surface area contributed by atoms with Gasteiger partial charge in [0.25, 0.3) is 0 Å². The summed E-state index contributed by atoms with van der Waals surface area (Å²) in [6.45, 7) is 0. The molecule has 22 heavy (non-hydrogen) atoms. The number of halogens is 2. The molecule has 0 aromatic heterocycles. The third-order valence-corrected chi connectivity index (χ3v) is 3.57. The molecule has 0 aliphatic heterocycles. The van der Waals surface area contributed by atoms with Crippen LogP contribution in [0.3, 0.4) is 0 Å². The van der Waals surface area contributed by atoms with Crippen LogP contribution in [0.4, 0.5) is 8.78 Å². The highest BCUT2D eigenvalue weighted by atomic mass is 19.2. The molecule has 0 spiro atoms. The Morgan fingerprint density at radius 2 is 2.05 bits per heavy atom. The van der Waals surface area contributed by atoms with E-state index in [0.717, 1.165) is 24.3 Å². The maximum Gasteiger partial charge on any atom is 0.341 e. The first-order chi connectivity index (χ1) is 10.6. The van der Waals surface area contributed by atoms with E-state index in [1.165, 1.54) is 25.3 Å². The van der Waals surface area contributed by atoms with Gasteiger partial charge in [-0.25, -0.2) is 13.6 Å². The summed E-state index contributed by atoms with van der Waals surface area (Å²) in [5, 5.41) is 9.24. The second-order valence-electron chi connectivity index (χ2n) is 4.87. The second kappa shape index (κ2) is 7.02. The Labute approximate surface area is 127 Å². The average molecular weight is 306 g/mol. The van der Waals surface area contributed by atoms with Crippen molar-refractivity contribution in [2.75, 3.05) is 7.11 Å². The van der Waals surface area contributed by atoms with Gasteiger partial charge in [-0.1, -0.05) is 24.3 Å². The fourth-order valence-electron chi connectivity index (χ4n) is 2.46. The van der Waals surface area contributed by atoms with E-state index in [4.69, 9.17) is 0 Å². The lowest BCUT2D eigenvalue weighted by Gasteiger charge is -2.06. The Kier molecular flexibility index (Phi) is 5.09. The van der Waals surface area contributed by atoms with Crippen LogP contribution in [-0.4, -0.2) is 18.2 Å². The minimum Gasteiger partial charge on any atom is -0.515 e. The molecule has 2 rings (SSSR count). The number of aliphatic hydroxyl groups is 1. The maximum absolute atomic E-state index is 13.6. The third kappa shape index (κ3) is 3.24.